The van der Waals surface area contributed by atoms with Crippen LogP contribution in [0.5, 0.6) is 5.75 Å². The lowest BCUT2D eigenvalue weighted by Gasteiger charge is -2.38. The molecule has 0 spiro atoms. The van der Waals surface area contributed by atoms with E-state index >= 15 is 0 Å². The van der Waals surface area contributed by atoms with Gasteiger partial charge in [-0.2, -0.15) is 0 Å². The fourth-order valence-electron chi connectivity index (χ4n) is 4.38. The number of hydrogen-bond acceptors (Lipinski definition) is 5. The molecule has 158 valence electrons. The highest BCUT2D eigenvalue weighted by Crippen LogP contribution is 2.24. The highest BCUT2D eigenvalue weighted by molar-refractivity contribution is 5.47. The van der Waals surface area contributed by atoms with Gasteiger partial charge < -0.3 is 24.6 Å². The zero-order valence-electron chi connectivity index (χ0n) is 18.0. The molecule has 0 aromatic heterocycles. The standard InChI is InChI=1S/C23H39N3O2/c1-4-25(5-2)14-16-28-21-10-8-20(9-11-21)24-23-12-13-26(17-19(23)3)18-22-7-6-15-27-22/h8-11,19,22-24H,4-7,12-18H2,1-3H3/t19-,22-,23+/m0/s1. The van der Waals surface area contributed by atoms with E-state index in [2.05, 4.69) is 60.2 Å². The van der Waals surface area contributed by atoms with Gasteiger partial charge in [0.15, 0.2) is 0 Å². The molecule has 3 rings (SSSR count). The molecule has 2 heterocycles. The first-order valence-electron chi connectivity index (χ1n) is 11.2. The predicted octanol–water partition coefficient (Wildman–Crippen LogP) is 3.71. The smallest absolute Gasteiger partial charge is 0.119 e. The Labute approximate surface area is 171 Å². The molecule has 0 bridgehead atoms. The molecule has 1 N–H and O–H groups in total. The van der Waals surface area contributed by atoms with Gasteiger partial charge in [-0.3, -0.25) is 0 Å². The van der Waals surface area contributed by atoms with E-state index in [4.69, 9.17) is 9.47 Å². The first-order valence-corrected chi connectivity index (χ1v) is 11.2. The summed E-state index contributed by atoms with van der Waals surface area (Å²) in [5.74, 6) is 1.59. The van der Waals surface area contributed by atoms with Gasteiger partial charge in [-0.1, -0.05) is 20.8 Å². The maximum absolute atomic E-state index is 5.90. The van der Waals surface area contributed by atoms with Crippen molar-refractivity contribution in [3.05, 3.63) is 24.3 Å². The zero-order valence-corrected chi connectivity index (χ0v) is 18.0. The quantitative estimate of drug-likeness (QED) is 0.660. The third-order valence-corrected chi connectivity index (χ3v) is 6.25. The summed E-state index contributed by atoms with van der Waals surface area (Å²) < 4.78 is 11.7. The van der Waals surface area contributed by atoms with Gasteiger partial charge >= 0.3 is 0 Å². The van der Waals surface area contributed by atoms with E-state index in [0.29, 0.717) is 18.1 Å². The second-order valence-corrected chi connectivity index (χ2v) is 8.31. The van der Waals surface area contributed by atoms with E-state index in [1.165, 1.54) is 24.9 Å². The van der Waals surface area contributed by atoms with Crippen molar-refractivity contribution in [2.45, 2.75) is 52.2 Å². The van der Waals surface area contributed by atoms with E-state index in [1.807, 2.05) is 0 Å². The van der Waals surface area contributed by atoms with E-state index in [0.717, 1.165) is 58.2 Å². The van der Waals surface area contributed by atoms with E-state index in [-0.39, 0.29) is 0 Å². The highest BCUT2D eigenvalue weighted by atomic mass is 16.5. The Morgan fingerprint density at radius 1 is 1.18 bits per heavy atom. The Morgan fingerprint density at radius 3 is 2.61 bits per heavy atom. The Hall–Kier alpha value is -1.30. The van der Waals surface area contributed by atoms with E-state index in [1.54, 1.807) is 0 Å². The number of likely N-dealkylation sites (tertiary alicyclic amines) is 1. The molecule has 2 aliphatic heterocycles. The fraction of sp³-hybridized carbons (Fsp3) is 0.739. The molecule has 1 aromatic carbocycles. The summed E-state index contributed by atoms with van der Waals surface area (Å²) in [5.41, 5.74) is 1.19. The average molecular weight is 390 g/mol. The van der Waals surface area contributed by atoms with Gasteiger partial charge in [-0.05, 0) is 62.5 Å². The average Bonchev–Trinajstić information content (AvgIpc) is 3.22. The van der Waals surface area contributed by atoms with Crippen LogP contribution in [0.25, 0.3) is 0 Å². The lowest BCUT2D eigenvalue weighted by atomic mass is 9.93. The second kappa shape index (κ2) is 11.0. The van der Waals surface area contributed by atoms with Gasteiger partial charge in [0.1, 0.15) is 12.4 Å². The first kappa shape index (κ1) is 21.4. The zero-order chi connectivity index (χ0) is 19.8. The monoisotopic (exact) mass is 389 g/mol. The van der Waals surface area contributed by atoms with Gasteiger partial charge in [-0.15, -0.1) is 0 Å². The van der Waals surface area contributed by atoms with Gasteiger partial charge in [0.05, 0.1) is 6.10 Å². The molecule has 5 nitrogen and oxygen atoms in total. The minimum absolute atomic E-state index is 0.464. The number of nitrogens with one attached hydrogen (secondary N) is 1. The fourth-order valence-corrected chi connectivity index (χ4v) is 4.38. The molecule has 28 heavy (non-hydrogen) atoms. The summed E-state index contributed by atoms with van der Waals surface area (Å²) in [6, 6.07) is 9.01. The Balaban J connectivity index is 1.40. The van der Waals surface area contributed by atoms with Crippen molar-refractivity contribution in [1.29, 1.82) is 0 Å². The summed E-state index contributed by atoms with van der Waals surface area (Å²) in [6.45, 7) is 15.0. The third kappa shape index (κ3) is 6.36. The minimum atomic E-state index is 0.464. The summed E-state index contributed by atoms with van der Waals surface area (Å²) in [6.07, 6.45) is 4.12. The van der Waals surface area contributed by atoms with Crippen molar-refractivity contribution >= 4 is 5.69 Å². The van der Waals surface area contributed by atoms with Crippen LogP contribution in [0.2, 0.25) is 0 Å². The van der Waals surface area contributed by atoms with Crippen LogP contribution in [0.15, 0.2) is 24.3 Å². The Bertz CT molecular complexity index is 555. The molecule has 0 saturated carbocycles. The third-order valence-electron chi connectivity index (χ3n) is 6.25. The molecule has 3 atom stereocenters. The summed E-state index contributed by atoms with van der Waals surface area (Å²) in [5, 5.41) is 3.74. The van der Waals surface area contributed by atoms with Gasteiger partial charge in [-0.25, -0.2) is 0 Å². The number of piperidine rings is 1. The van der Waals surface area contributed by atoms with E-state index in [9.17, 15) is 0 Å². The number of likely N-dealkylation sites (N-methyl/N-ethyl adjacent to an activating group) is 1. The van der Waals surface area contributed by atoms with Crippen LogP contribution in [0.3, 0.4) is 0 Å². The minimum Gasteiger partial charge on any atom is -0.492 e. The molecule has 2 saturated heterocycles. The molecule has 0 unspecified atom stereocenters. The van der Waals surface area contributed by atoms with Gasteiger partial charge in [0.2, 0.25) is 0 Å². The van der Waals surface area contributed by atoms with Gasteiger partial charge in [0, 0.05) is 44.5 Å². The molecule has 2 aliphatic rings. The molecule has 1 aromatic rings. The van der Waals surface area contributed by atoms with Crippen molar-refractivity contribution in [2.24, 2.45) is 5.92 Å². The van der Waals surface area contributed by atoms with Crippen LogP contribution in [-0.2, 0) is 4.74 Å². The molecule has 5 heteroatoms. The summed E-state index contributed by atoms with van der Waals surface area (Å²) in [7, 11) is 0. The molecule has 0 amide bonds. The molecular weight excluding hydrogens is 350 g/mol. The Morgan fingerprint density at radius 2 is 1.96 bits per heavy atom. The van der Waals surface area contributed by atoms with Crippen LogP contribution >= 0.6 is 0 Å². The number of ether oxygens (including phenoxy) is 2. The molecular formula is C23H39N3O2. The van der Waals surface area contributed by atoms with Crippen LogP contribution < -0.4 is 10.1 Å². The molecule has 2 fully saturated rings. The predicted molar refractivity (Wildman–Crippen MR) is 116 cm³/mol. The summed E-state index contributed by atoms with van der Waals surface area (Å²) in [4.78, 5) is 4.97. The van der Waals surface area contributed by atoms with Crippen molar-refractivity contribution in [3.63, 3.8) is 0 Å². The SMILES string of the molecule is CCN(CC)CCOc1ccc(N[C@@H]2CCN(C[C@@H]3CCCO3)C[C@@H]2C)cc1. The van der Waals surface area contributed by atoms with Crippen molar-refractivity contribution in [2.75, 3.05) is 57.8 Å². The lowest BCUT2D eigenvalue weighted by molar-refractivity contribution is 0.0563. The van der Waals surface area contributed by atoms with Crippen LogP contribution in [-0.4, -0.2) is 74.4 Å². The number of nitrogens with zero attached hydrogens (tertiary/aromatic N) is 2. The van der Waals surface area contributed by atoms with Gasteiger partial charge in [0.25, 0.3) is 0 Å². The highest BCUT2D eigenvalue weighted by Gasteiger charge is 2.28. The molecule has 0 radical (unpaired) electrons. The lowest BCUT2D eigenvalue weighted by Crippen LogP contribution is -2.47. The van der Waals surface area contributed by atoms with Crippen LogP contribution in [0.4, 0.5) is 5.69 Å². The maximum atomic E-state index is 5.90. The normalized spacial score (nSPS) is 25.9. The maximum Gasteiger partial charge on any atom is 0.119 e. The molecule has 0 aliphatic carbocycles. The largest absolute Gasteiger partial charge is 0.492 e. The number of hydrogen-bond donors (Lipinski definition) is 1. The second-order valence-electron chi connectivity index (χ2n) is 8.31. The number of anilines is 1. The topological polar surface area (TPSA) is 37.0 Å². The number of benzene rings is 1. The van der Waals surface area contributed by atoms with E-state index < -0.39 is 0 Å². The first-order chi connectivity index (χ1) is 13.7. The number of rotatable bonds is 10. The van der Waals surface area contributed by atoms with Crippen LogP contribution in [0.1, 0.15) is 40.0 Å². The van der Waals surface area contributed by atoms with Crippen LogP contribution in [0, 0.1) is 5.92 Å². The Kier molecular flexibility index (Phi) is 8.44. The van der Waals surface area contributed by atoms with Crippen molar-refractivity contribution in [3.8, 4) is 5.75 Å². The van der Waals surface area contributed by atoms with Crippen molar-refractivity contribution in [1.82, 2.24) is 9.80 Å². The summed E-state index contributed by atoms with van der Waals surface area (Å²) >= 11 is 0. The van der Waals surface area contributed by atoms with Crippen molar-refractivity contribution < 1.29 is 9.47 Å².